The highest BCUT2D eigenvalue weighted by Crippen LogP contribution is 2.31. The third-order valence-electron chi connectivity index (χ3n) is 2.74. The fourth-order valence-corrected chi connectivity index (χ4v) is 3.39. The number of hydrogen-bond donors (Lipinski definition) is 1. The Kier molecular flexibility index (Phi) is 1.80. The molecule has 0 aromatic heterocycles. The maximum Gasteiger partial charge on any atom is 0.215 e. The summed E-state index contributed by atoms with van der Waals surface area (Å²) in [6, 6.07) is 0. The van der Waals surface area contributed by atoms with Crippen molar-refractivity contribution >= 4 is 10.0 Å². The molecule has 4 heteroatoms. The molecule has 1 aliphatic rings. The van der Waals surface area contributed by atoms with Gasteiger partial charge in [0.2, 0.25) is 10.0 Å². The quantitative estimate of drug-likeness (QED) is 0.592. The fourth-order valence-electron chi connectivity index (χ4n) is 1.41. The van der Waals surface area contributed by atoms with Crippen LogP contribution in [0.15, 0.2) is 0 Å². The van der Waals surface area contributed by atoms with Gasteiger partial charge in [-0.05, 0) is 26.7 Å². The molecule has 1 N–H and O–H groups in total. The van der Waals surface area contributed by atoms with E-state index in [1.54, 1.807) is 6.92 Å². The molecule has 0 aromatic carbocycles. The zero-order chi connectivity index (χ0) is 8.86. The minimum atomic E-state index is -3.03. The first-order valence-electron chi connectivity index (χ1n) is 3.80. The molecule has 1 saturated heterocycles. The van der Waals surface area contributed by atoms with Gasteiger partial charge < -0.3 is 0 Å². The van der Waals surface area contributed by atoms with Gasteiger partial charge in [0.1, 0.15) is 0 Å². The van der Waals surface area contributed by atoms with Gasteiger partial charge in [-0.3, -0.25) is 0 Å². The predicted octanol–water partition coefficient (Wildman–Crippen LogP) is 0.723. The highest BCUT2D eigenvalue weighted by atomic mass is 32.2. The molecular formula is C7H15NO2S. The molecule has 3 nitrogen and oxygen atoms in total. The molecule has 0 saturated carbocycles. The van der Waals surface area contributed by atoms with Crippen molar-refractivity contribution in [3.63, 3.8) is 0 Å². The van der Waals surface area contributed by atoms with Gasteiger partial charge in [-0.15, -0.1) is 0 Å². The first-order valence-corrected chi connectivity index (χ1v) is 5.35. The van der Waals surface area contributed by atoms with Gasteiger partial charge in [-0.1, -0.05) is 6.92 Å². The Morgan fingerprint density at radius 2 is 1.73 bits per heavy atom. The third kappa shape index (κ3) is 1.29. The lowest BCUT2D eigenvalue weighted by molar-refractivity contribution is 0.348. The van der Waals surface area contributed by atoms with Crippen LogP contribution >= 0.6 is 0 Å². The normalized spacial score (nSPS) is 40.7. The summed E-state index contributed by atoms with van der Waals surface area (Å²) in [5.74, 6) is 0.174. The van der Waals surface area contributed by atoms with Crippen molar-refractivity contribution < 1.29 is 8.42 Å². The van der Waals surface area contributed by atoms with Crippen molar-refractivity contribution in [3.8, 4) is 0 Å². The predicted molar refractivity (Wildman–Crippen MR) is 44.8 cm³/mol. The number of sulfonamides is 1. The largest absolute Gasteiger partial charge is 0.215 e. The van der Waals surface area contributed by atoms with E-state index in [1.165, 1.54) is 0 Å². The van der Waals surface area contributed by atoms with Crippen LogP contribution in [0, 0.1) is 5.92 Å². The third-order valence-corrected chi connectivity index (χ3v) is 4.94. The molecule has 2 atom stereocenters. The van der Waals surface area contributed by atoms with Crippen LogP contribution in [0.5, 0.6) is 0 Å². The van der Waals surface area contributed by atoms with E-state index in [0.29, 0.717) is 0 Å². The molecule has 0 amide bonds. The summed E-state index contributed by atoms with van der Waals surface area (Å²) in [7, 11) is -3.03. The average molecular weight is 177 g/mol. The van der Waals surface area contributed by atoms with E-state index in [9.17, 15) is 8.42 Å². The van der Waals surface area contributed by atoms with Crippen molar-refractivity contribution in [1.29, 1.82) is 0 Å². The van der Waals surface area contributed by atoms with E-state index in [1.807, 2.05) is 20.8 Å². The molecule has 0 bridgehead atoms. The number of nitrogens with one attached hydrogen (secondary N) is 1. The van der Waals surface area contributed by atoms with Crippen LogP contribution < -0.4 is 4.72 Å². The topological polar surface area (TPSA) is 46.2 Å². The SMILES string of the molecule is CC1C(C)S(=O)(=O)NC1(C)C. The first-order chi connectivity index (χ1) is 4.77. The van der Waals surface area contributed by atoms with Crippen molar-refractivity contribution in [2.75, 3.05) is 0 Å². The van der Waals surface area contributed by atoms with Gasteiger partial charge >= 0.3 is 0 Å². The zero-order valence-corrected chi connectivity index (χ0v) is 8.20. The molecule has 0 radical (unpaired) electrons. The van der Waals surface area contributed by atoms with Crippen LogP contribution in [0.2, 0.25) is 0 Å². The molecule has 1 aliphatic heterocycles. The summed E-state index contributed by atoms with van der Waals surface area (Å²) in [4.78, 5) is 0. The van der Waals surface area contributed by atoms with Gasteiger partial charge in [0, 0.05) is 5.54 Å². The van der Waals surface area contributed by atoms with Crippen molar-refractivity contribution in [1.82, 2.24) is 4.72 Å². The molecule has 0 aliphatic carbocycles. The number of rotatable bonds is 0. The molecule has 0 aromatic rings. The van der Waals surface area contributed by atoms with E-state index in [2.05, 4.69) is 4.72 Å². The maximum absolute atomic E-state index is 11.3. The van der Waals surface area contributed by atoms with Crippen LogP contribution in [0.25, 0.3) is 0 Å². The summed E-state index contributed by atoms with van der Waals surface area (Å²) >= 11 is 0. The Morgan fingerprint density at radius 3 is 1.82 bits per heavy atom. The molecule has 11 heavy (non-hydrogen) atoms. The van der Waals surface area contributed by atoms with Crippen molar-refractivity contribution in [2.24, 2.45) is 5.92 Å². The van der Waals surface area contributed by atoms with Crippen LogP contribution in [0.4, 0.5) is 0 Å². The highest BCUT2D eigenvalue weighted by molar-refractivity contribution is 7.90. The van der Waals surface area contributed by atoms with Crippen LogP contribution in [0.1, 0.15) is 27.7 Å². The minimum Gasteiger partial charge on any atom is -0.212 e. The van der Waals surface area contributed by atoms with Crippen molar-refractivity contribution in [2.45, 2.75) is 38.5 Å². The Hall–Kier alpha value is -0.0900. The van der Waals surface area contributed by atoms with Crippen LogP contribution in [-0.2, 0) is 10.0 Å². The molecule has 1 rings (SSSR count). The Morgan fingerprint density at radius 1 is 1.27 bits per heavy atom. The van der Waals surface area contributed by atoms with Gasteiger partial charge in [0.05, 0.1) is 5.25 Å². The second-order valence-corrected chi connectivity index (χ2v) is 5.90. The lowest BCUT2D eigenvalue weighted by Gasteiger charge is -2.22. The van der Waals surface area contributed by atoms with E-state index in [-0.39, 0.29) is 16.7 Å². The zero-order valence-electron chi connectivity index (χ0n) is 7.38. The van der Waals surface area contributed by atoms with Gasteiger partial charge in [-0.2, -0.15) is 0 Å². The lowest BCUT2D eigenvalue weighted by atomic mass is 9.88. The highest BCUT2D eigenvalue weighted by Gasteiger charge is 2.46. The fraction of sp³-hybridized carbons (Fsp3) is 1.00. The van der Waals surface area contributed by atoms with Crippen molar-refractivity contribution in [3.05, 3.63) is 0 Å². The maximum atomic E-state index is 11.3. The number of hydrogen-bond acceptors (Lipinski definition) is 2. The molecule has 66 valence electrons. The molecule has 0 spiro atoms. The summed E-state index contributed by atoms with van der Waals surface area (Å²) in [5.41, 5.74) is -0.280. The second kappa shape index (κ2) is 2.20. The Balaban J connectivity index is 3.06. The summed E-state index contributed by atoms with van der Waals surface area (Å²) in [6.45, 7) is 7.54. The Labute approximate surface area is 68.2 Å². The first kappa shape index (κ1) is 9.00. The minimum absolute atomic E-state index is 0.174. The van der Waals surface area contributed by atoms with Crippen LogP contribution in [-0.4, -0.2) is 19.2 Å². The summed E-state index contributed by atoms with van der Waals surface area (Å²) < 4.78 is 25.2. The van der Waals surface area contributed by atoms with E-state index in [4.69, 9.17) is 0 Å². The van der Waals surface area contributed by atoms with Gasteiger partial charge in [0.15, 0.2) is 0 Å². The average Bonchev–Trinajstić information content (AvgIpc) is 1.91. The lowest BCUT2D eigenvalue weighted by Crippen LogP contribution is -2.38. The van der Waals surface area contributed by atoms with E-state index < -0.39 is 10.0 Å². The van der Waals surface area contributed by atoms with Gasteiger partial charge in [0.25, 0.3) is 0 Å². The Bertz CT molecular complexity index is 256. The molecule has 2 unspecified atom stereocenters. The van der Waals surface area contributed by atoms with E-state index in [0.717, 1.165) is 0 Å². The molecule has 1 fully saturated rings. The van der Waals surface area contributed by atoms with E-state index >= 15 is 0 Å². The van der Waals surface area contributed by atoms with Gasteiger partial charge in [-0.25, -0.2) is 13.1 Å². The summed E-state index contributed by atoms with van der Waals surface area (Å²) in [6.07, 6.45) is 0. The summed E-state index contributed by atoms with van der Waals surface area (Å²) in [5, 5.41) is -0.266. The molecule has 1 heterocycles. The molecular weight excluding hydrogens is 162 g/mol. The smallest absolute Gasteiger partial charge is 0.212 e. The second-order valence-electron chi connectivity index (χ2n) is 3.86. The standard InChI is InChI=1S/C7H15NO2S/c1-5-6(2)11(9,10)8-7(5,3)4/h5-6,8H,1-4H3. The monoisotopic (exact) mass is 177 g/mol. The van der Waals surface area contributed by atoms with Crippen LogP contribution in [0.3, 0.4) is 0 Å².